The third-order valence-electron chi connectivity index (χ3n) is 3.26. The second kappa shape index (κ2) is 4.58. The maximum Gasteiger partial charge on any atom is 0.0697 e. The summed E-state index contributed by atoms with van der Waals surface area (Å²) in [5.41, 5.74) is 10.3. The van der Waals surface area contributed by atoms with E-state index in [9.17, 15) is 0 Å². The molecule has 1 aromatic carbocycles. The first-order valence-corrected chi connectivity index (χ1v) is 6.27. The van der Waals surface area contributed by atoms with Gasteiger partial charge in [0.25, 0.3) is 0 Å². The maximum atomic E-state index is 5.79. The normalized spacial score (nSPS) is 11.8. The summed E-state index contributed by atoms with van der Waals surface area (Å²) in [6.45, 7) is 9.02. The minimum atomic E-state index is -0.0792. The third kappa shape index (κ3) is 2.46. The van der Waals surface area contributed by atoms with Crippen LogP contribution in [0.4, 0.5) is 0 Å². The summed E-state index contributed by atoms with van der Waals surface area (Å²) in [7, 11) is 0. The van der Waals surface area contributed by atoms with Crippen LogP contribution >= 0.6 is 0 Å². The first-order chi connectivity index (χ1) is 8.42. The molecule has 1 aromatic heterocycles. The van der Waals surface area contributed by atoms with Gasteiger partial charge in [0.2, 0.25) is 0 Å². The van der Waals surface area contributed by atoms with E-state index in [2.05, 4.69) is 51.0 Å². The highest BCUT2D eigenvalue weighted by Gasteiger charge is 2.21. The van der Waals surface area contributed by atoms with Gasteiger partial charge >= 0.3 is 0 Å². The fourth-order valence-electron chi connectivity index (χ4n) is 2.02. The van der Waals surface area contributed by atoms with Crippen molar-refractivity contribution >= 4 is 0 Å². The summed E-state index contributed by atoms with van der Waals surface area (Å²) in [4.78, 5) is 0. The molecular formula is C15H21N3. The van der Waals surface area contributed by atoms with Gasteiger partial charge < -0.3 is 5.73 Å². The Hall–Kier alpha value is -1.61. The monoisotopic (exact) mass is 243 g/mol. The maximum absolute atomic E-state index is 5.79. The Morgan fingerprint density at radius 3 is 2.33 bits per heavy atom. The van der Waals surface area contributed by atoms with Crippen molar-refractivity contribution in [2.24, 2.45) is 5.73 Å². The van der Waals surface area contributed by atoms with E-state index in [1.807, 2.05) is 16.9 Å². The van der Waals surface area contributed by atoms with Gasteiger partial charge in [-0.15, -0.1) is 0 Å². The average molecular weight is 243 g/mol. The van der Waals surface area contributed by atoms with Crippen molar-refractivity contribution in [2.75, 3.05) is 6.54 Å². The van der Waals surface area contributed by atoms with Crippen LogP contribution in [0.15, 0.2) is 30.5 Å². The van der Waals surface area contributed by atoms with Crippen LogP contribution in [0.1, 0.15) is 30.7 Å². The van der Waals surface area contributed by atoms with Gasteiger partial charge in [-0.05, 0) is 43.2 Å². The van der Waals surface area contributed by atoms with Gasteiger partial charge in [0.15, 0.2) is 0 Å². The Balaban J connectivity index is 2.41. The molecule has 0 aliphatic rings. The molecule has 0 aliphatic heterocycles. The Morgan fingerprint density at radius 1 is 1.17 bits per heavy atom. The van der Waals surface area contributed by atoms with Crippen molar-refractivity contribution in [1.82, 2.24) is 9.78 Å². The molecule has 0 fully saturated rings. The predicted octanol–water partition coefficient (Wildman–Crippen LogP) is 2.73. The zero-order chi connectivity index (χ0) is 13.3. The molecule has 1 heterocycles. The van der Waals surface area contributed by atoms with E-state index in [-0.39, 0.29) is 5.41 Å². The van der Waals surface area contributed by atoms with Crippen LogP contribution in [-0.2, 0) is 5.41 Å². The lowest BCUT2D eigenvalue weighted by Gasteiger charge is -2.19. The number of hydrogen-bond acceptors (Lipinski definition) is 2. The summed E-state index contributed by atoms with van der Waals surface area (Å²) in [6.07, 6.45) is 2.00. The molecule has 0 bridgehead atoms. The topological polar surface area (TPSA) is 43.8 Å². The summed E-state index contributed by atoms with van der Waals surface area (Å²) < 4.78 is 1.92. The molecule has 3 nitrogen and oxygen atoms in total. The molecule has 96 valence electrons. The predicted molar refractivity (Wildman–Crippen MR) is 75.1 cm³/mol. The molecule has 0 radical (unpaired) electrons. The van der Waals surface area contributed by atoms with Crippen molar-refractivity contribution in [3.8, 4) is 5.69 Å². The Kier molecular flexibility index (Phi) is 3.26. The number of nitrogens with zero attached hydrogens (tertiary/aromatic N) is 2. The molecule has 2 N–H and O–H groups in total. The van der Waals surface area contributed by atoms with Gasteiger partial charge in [0, 0.05) is 18.2 Å². The zero-order valence-electron chi connectivity index (χ0n) is 11.6. The van der Waals surface area contributed by atoms with Crippen LogP contribution < -0.4 is 5.73 Å². The van der Waals surface area contributed by atoms with Gasteiger partial charge in [-0.1, -0.05) is 19.9 Å². The number of nitrogens with two attached hydrogens (primary N) is 1. The van der Waals surface area contributed by atoms with Crippen molar-refractivity contribution in [2.45, 2.75) is 33.1 Å². The van der Waals surface area contributed by atoms with E-state index in [1.54, 1.807) is 0 Å². The SMILES string of the molecule is Cc1cc(C)cc(-n2ccc(C(C)(C)CN)n2)c1. The second-order valence-electron chi connectivity index (χ2n) is 5.58. The zero-order valence-corrected chi connectivity index (χ0v) is 11.6. The van der Waals surface area contributed by atoms with Gasteiger partial charge in [0.05, 0.1) is 11.4 Å². The minimum Gasteiger partial charge on any atom is -0.330 e. The van der Waals surface area contributed by atoms with E-state index in [0.29, 0.717) is 6.54 Å². The average Bonchev–Trinajstić information content (AvgIpc) is 2.77. The molecule has 0 spiro atoms. The highest BCUT2D eigenvalue weighted by molar-refractivity contribution is 5.39. The largest absolute Gasteiger partial charge is 0.330 e. The quantitative estimate of drug-likeness (QED) is 0.900. The first kappa shape index (κ1) is 12.8. The smallest absolute Gasteiger partial charge is 0.0697 e. The Labute approximate surface area is 109 Å². The number of benzene rings is 1. The van der Waals surface area contributed by atoms with Crippen LogP contribution in [0, 0.1) is 13.8 Å². The Bertz CT molecular complexity index is 532. The van der Waals surface area contributed by atoms with Crippen LogP contribution in [0.3, 0.4) is 0 Å². The van der Waals surface area contributed by atoms with Crippen molar-refractivity contribution < 1.29 is 0 Å². The molecule has 0 atom stereocenters. The number of rotatable bonds is 3. The van der Waals surface area contributed by atoms with E-state index >= 15 is 0 Å². The van der Waals surface area contributed by atoms with Crippen molar-refractivity contribution in [3.63, 3.8) is 0 Å². The highest BCUT2D eigenvalue weighted by atomic mass is 15.3. The second-order valence-corrected chi connectivity index (χ2v) is 5.58. The third-order valence-corrected chi connectivity index (χ3v) is 3.26. The van der Waals surface area contributed by atoms with E-state index in [4.69, 9.17) is 5.73 Å². The number of aromatic nitrogens is 2. The summed E-state index contributed by atoms with van der Waals surface area (Å²) in [5.74, 6) is 0. The highest BCUT2D eigenvalue weighted by Crippen LogP contribution is 2.21. The Morgan fingerprint density at radius 2 is 1.78 bits per heavy atom. The van der Waals surface area contributed by atoms with Crippen LogP contribution in [0.2, 0.25) is 0 Å². The van der Waals surface area contributed by atoms with E-state index in [1.165, 1.54) is 11.1 Å². The van der Waals surface area contributed by atoms with Gasteiger partial charge in [0.1, 0.15) is 0 Å². The lowest BCUT2D eigenvalue weighted by molar-refractivity contribution is 0.516. The molecule has 2 aromatic rings. The van der Waals surface area contributed by atoms with Crippen LogP contribution in [-0.4, -0.2) is 16.3 Å². The van der Waals surface area contributed by atoms with Gasteiger partial charge in [-0.3, -0.25) is 0 Å². The molecule has 2 rings (SSSR count). The molecule has 0 aliphatic carbocycles. The lowest BCUT2D eigenvalue weighted by atomic mass is 9.90. The molecule has 0 amide bonds. The minimum absolute atomic E-state index is 0.0792. The molecule has 0 saturated heterocycles. The molecule has 0 unspecified atom stereocenters. The summed E-state index contributed by atoms with van der Waals surface area (Å²) >= 11 is 0. The molecule has 18 heavy (non-hydrogen) atoms. The molecule has 0 saturated carbocycles. The van der Waals surface area contributed by atoms with E-state index < -0.39 is 0 Å². The van der Waals surface area contributed by atoms with Gasteiger partial charge in [-0.25, -0.2) is 4.68 Å². The number of aryl methyl sites for hydroxylation is 2. The van der Waals surface area contributed by atoms with E-state index in [0.717, 1.165) is 11.4 Å². The van der Waals surface area contributed by atoms with Crippen LogP contribution in [0.5, 0.6) is 0 Å². The van der Waals surface area contributed by atoms with Crippen molar-refractivity contribution in [3.05, 3.63) is 47.3 Å². The summed E-state index contributed by atoms with van der Waals surface area (Å²) in [5, 5.41) is 4.64. The molecular weight excluding hydrogens is 222 g/mol. The fourth-order valence-corrected chi connectivity index (χ4v) is 2.02. The molecule has 3 heteroatoms. The standard InChI is InChI=1S/C15H21N3/c1-11-7-12(2)9-13(8-11)18-6-5-14(17-18)15(3,4)10-16/h5-9H,10,16H2,1-4H3. The lowest BCUT2D eigenvalue weighted by Crippen LogP contribution is -2.28. The van der Waals surface area contributed by atoms with Crippen molar-refractivity contribution in [1.29, 1.82) is 0 Å². The first-order valence-electron chi connectivity index (χ1n) is 6.27. The summed E-state index contributed by atoms with van der Waals surface area (Å²) in [6, 6.07) is 8.49. The fraction of sp³-hybridized carbons (Fsp3) is 0.400. The number of hydrogen-bond donors (Lipinski definition) is 1. The van der Waals surface area contributed by atoms with Gasteiger partial charge in [-0.2, -0.15) is 5.10 Å². The van der Waals surface area contributed by atoms with Crippen LogP contribution in [0.25, 0.3) is 5.69 Å².